The molecule has 6 heteroatoms. The van der Waals surface area contributed by atoms with Crippen molar-refractivity contribution < 1.29 is 24.6 Å². The van der Waals surface area contributed by atoms with E-state index in [-0.39, 0.29) is 11.3 Å². The number of carboxylic acids is 2. The highest BCUT2D eigenvalue weighted by Gasteiger charge is 2.19. The lowest BCUT2D eigenvalue weighted by molar-refractivity contribution is 0.0696. The normalized spacial score (nSPS) is 9.65. The number of carboxylic acid groups (broad SMARTS) is 2. The molecule has 0 saturated carbocycles. The van der Waals surface area contributed by atoms with Gasteiger partial charge in [0, 0.05) is 5.56 Å². The molecule has 0 spiro atoms. The molecule has 1 rings (SSSR count). The lowest BCUT2D eigenvalue weighted by Gasteiger charge is -2.07. The lowest BCUT2D eigenvalue weighted by Crippen LogP contribution is -2.12. The third-order valence-corrected chi connectivity index (χ3v) is 2.11. The molecule has 0 bridgehead atoms. The van der Waals surface area contributed by atoms with Gasteiger partial charge in [0.1, 0.15) is 0 Å². The molecule has 0 heterocycles. The van der Waals surface area contributed by atoms with Gasteiger partial charge in [-0.1, -0.05) is 6.58 Å². The Labute approximate surface area is 96.0 Å². The summed E-state index contributed by atoms with van der Waals surface area (Å²) in [6.45, 7) is 3.23. The summed E-state index contributed by atoms with van der Waals surface area (Å²) in [5.41, 5.74) is 4.09. The Morgan fingerprint density at radius 1 is 1.12 bits per heavy atom. The van der Waals surface area contributed by atoms with E-state index in [9.17, 15) is 14.4 Å². The maximum Gasteiger partial charge on any atom is 0.337 e. The summed E-state index contributed by atoms with van der Waals surface area (Å²) in [4.78, 5) is 33.0. The summed E-state index contributed by atoms with van der Waals surface area (Å²) < 4.78 is 0. The smallest absolute Gasteiger partial charge is 0.337 e. The van der Waals surface area contributed by atoms with Crippen LogP contribution in [0.4, 0.5) is 5.69 Å². The first-order chi connectivity index (χ1) is 7.88. The molecular weight excluding hydrogens is 226 g/mol. The molecule has 1 aromatic carbocycles. The van der Waals surface area contributed by atoms with Crippen LogP contribution in [0, 0.1) is 0 Å². The molecule has 4 N–H and O–H groups in total. The fraction of sp³-hybridized carbons (Fsp3) is 0. The van der Waals surface area contributed by atoms with E-state index in [1.165, 1.54) is 0 Å². The molecule has 17 heavy (non-hydrogen) atoms. The summed E-state index contributed by atoms with van der Waals surface area (Å²) in [5, 5.41) is 17.7. The zero-order valence-corrected chi connectivity index (χ0v) is 8.64. The molecule has 88 valence electrons. The fourth-order valence-corrected chi connectivity index (χ4v) is 1.27. The van der Waals surface area contributed by atoms with Crippen LogP contribution in [0.1, 0.15) is 31.1 Å². The van der Waals surface area contributed by atoms with E-state index >= 15 is 0 Å². The van der Waals surface area contributed by atoms with Gasteiger partial charge in [-0.25, -0.2) is 9.59 Å². The molecule has 0 unspecified atom stereocenters. The average molecular weight is 235 g/mol. The third kappa shape index (κ3) is 2.31. The van der Waals surface area contributed by atoms with Crippen molar-refractivity contribution in [3.8, 4) is 0 Å². The number of carbonyl (C=O) groups excluding carboxylic acids is 1. The van der Waals surface area contributed by atoms with Gasteiger partial charge < -0.3 is 15.9 Å². The second-order valence-corrected chi connectivity index (χ2v) is 3.16. The molecule has 0 atom stereocenters. The molecule has 0 saturated heterocycles. The number of rotatable bonds is 4. The Morgan fingerprint density at radius 2 is 1.53 bits per heavy atom. The number of nitrogens with two attached hydrogens (primary N) is 1. The van der Waals surface area contributed by atoms with Gasteiger partial charge in [-0.05, 0) is 18.2 Å². The monoisotopic (exact) mass is 235 g/mol. The van der Waals surface area contributed by atoms with Crippen molar-refractivity contribution in [1.82, 2.24) is 0 Å². The standard InChI is InChI=1S/C11H9NO5/c1-2-8(13)5-3-6(10(14)15)9(12)7(4-5)11(16)17/h2-4H,1,12H2,(H,14,15)(H,16,17). The van der Waals surface area contributed by atoms with Gasteiger partial charge in [-0.15, -0.1) is 0 Å². The van der Waals surface area contributed by atoms with Crippen molar-refractivity contribution in [2.75, 3.05) is 5.73 Å². The van der Waals surface area contributed by atoms with Gasteiger partial charge in [-0.3, -0.25) is 4.79 Å². The Bertz CT molecular complexity index is 498. The summed E-state index contributed by atoms with van der Waals surface area (Å²) in [6.07, 6.45) is 0.961. The number of allylic oxidation sites excluding steroid dienone is 1. The van der Waals surface area contributed by atoms with Crippen molar-refractivity contribution in [1.29, 1.82) is 0 Å². The van der Waals surface area contributed by atoms with E-state index in [1.807, 2.05) is 0 Å². The maximum atomic E-state index is 11.3. The second-order valence-electron chi connectivity index (χ2n) is 3.16. The molecule has 1 aromatic rings. The van der Waals surface area contributed by atoms with Crippen LogP contribution in [0.2, 0.25) is 0 Å². The van der Waals surface area contributed by atoms with Crippen LogP contribution in [-0.4, -0.2) is 27.9 Å². The van der Waals surface area contributed by atoms with Crippen molar-refractivity contribution in [2.45, 2.75) is 0 Å². The summed E-state index contributed by atoms with van der Waals surface area (Å²) in [5.74, 6) is -3.37. The van der Waals surface area contributed by atoms with Crippen molar-refractivity contribution in [2.24, 2.45) is 0 Å². The third-order valence-electron chi connectivity index (χ3n) is 2.11. The SMILES string of the molecule is C=CC(=O)c1cc(C(=O)O)c(N)c(C(=O)O)c1. The largest absolute Gasteiger partial charge is 0.478 e. The zero-order chi connectivity index (χ0) is 13.2. The first-order valence-corrected chi connectivity index (χ1v) is 4.45. The fourth-order valence-electron chi connectivity index (χ4n) is 1.27. The lowest BCUT2D eigenvalue weighted by atomic mass is 10.0. The number of aromatic carboxylic acids is 2. The van der Waals surface area contributed by atoms with Gasteiger partial charge in [0.15, 0.2) is 5.78 Å². The van der Waals surface area contributed by atoms with Crippen LogP contribution in [0.5, 0.6) is 0 Å². The second kappa shape index (κ2) is 4.48. The van der Waals surface area contributed by atoms with Gasteiger partial charge in [0.2, 0.25) is 0 Å². The van der Waals surface area contributed by atoms with Crippen LogP contribution in [0.3, 0.4) is 0 Å². The molecule has 0 aromatic heterocycles. The van der Waals surface area contributed by atoms with E-state index in [0.717, 1.165) is 18.2 Å². The Morgan fingerprint density at radius 3 is 1.82 bits per heavy atom. The van der Waals surface area contributed by atoms with Crippen LogP contribution in [-0.2, 0) is 0 Å². The highest BCUT2D eigenvalue weighted by Crippen LogP contribution is 2.21. The van der Waals surface area contributed by atoms with Crippen molar-refractivity contribution >= 4 is 23.4 Å². The van der Waals surface area contributed by atoms with Crippen molar-refractivity contribution in [3.05, 3.63) is 41.5 Å². The van der Waals surface area contributed by atoms with E-state index < -0.39 is 28.8 Å². The number of hydrogen-bond acceptors (Lipinski definition) is 4. The van der Waals surface area contributed by atoms with Gasteiger partial charge >= 0.3 is 11.9 Å². The average Bonchev–Trinajstić information content (AvgIpc) is 2.27. The van der Waals surface area contributed by atoms with Crippen LogP contribution in [0.25, 0.3) is 0 Å². The minimum Gasteiger partial charge on any atom is -0.478 e. The molecule has 0 amide bonds. The maximum absolute atomic E-state index is 11.3. The number of carbonyl (C=O) groups is 3. The number of benzene rings is 1. The highest BCUT2D eigenvalue weighted by molar-refractivity contribution is 6.10. The van der Waals surface area contributed by atoms with Crippen LogP contribution >= 0.6 is 0 Å². The number of nitrogen functional groups attached to an aromatic ring is 1. The first-order valence-electron chi connectivity index (χ1n) is 4.45. The zero-order valence-electron chi connectivity index (χ0n) is 8.64. The molecule has 0 aliphatic heterocycles. The first kappa shape index (κ1) is 12.4. The topological polar surface area (TPSA) is 118 Å². The number of anilines is 1. The quantitative estimate of drug-likeness (QED) is 0.407. The predicted molar refractivity (Wildman–Crippen MR) is 59.3 cm³/mol. The highest BCUT2D eigenvalue weighted by atomic mass is 16.4. The molecule has 0 aliphatic rings. The van der Waals surface area contributed by atoms with E-state index in [4.69, 9.17) is 15.9 Å². The van der Waals surface area contributed by atoms with Gasteiger partial charge in [0.25, 0.3) is 0 Å². The minimum atomic E-state index is -1.40. The van der Waals surface area contributed by atoms with Gasteiger partial charge in [-0.2, -0.15) is 0 Å². The van der Waals surface area contributed by atoms with Crippen molar-refractivity contribution in [3.63, 3.8) is 0 Å². The minimum absolute atomic E-state index is 0.0796. The Balaban J connectivity index is 3.58. The number of hydrogen-bond donors (Lipinski definition) is 3. The molecule has 6 nitrogen and oxygen atoms in total. The van der Waals surface area contributed by atoms with E-state index in [0.29, 0.717) is 0 Å². The number of ketones is 1. The summed E-state index contributed by atoms with van der Waals surface area (Å²) in [7, 11) is 0. The van der Waals surface area contributed by atoms with Crippen LogP contribution in [0.15, 0.2) is 24.8 Å². The molecular formula is C11H9NO5. The molecule has 0 fully saturated rings. The molecule has 0 radical (unpaired) electrons. The predicted octanol–water partition coefficient (Wildman–Crippen LogP) is 1.03. The van der Waals surface area contributed by atoms with Gasteiger partial charge in [0.05, 0.1) is 16.8 Å². The molecule has 0 aliphatic carbocycles. The van der Waals surface area contributed by atoms with E-state index in [2.05, 4.69) is 6.58 Å². The van der Waals surface area contributed by atoms with E-state index in [1.54, 1.807) is 0 Å². The summed E-state index contributed by atoms with van der Waals surface area (Å²) in [6, 6.07) is 2.04. The van der Waals surface area contributed by atoms with Crippen LogP contribution < -0.4 is 5.73 Å². The Kier molecular flexibility index (Phi) is 3.28. The summed E-state index contributed by atoms with van der Waals surface area (Å²) >= 11 is 0. The Hall–Kier alpha value is -2.63.